The van der Waals surface area contributed by atoms with Gasteiger partial charge in [-0.1, -0.05) is 18.2 Å². The van der Waals surface area contributed by atoms with Crippen molar-refractivity contribution in [2.75, 3.05) is 11.9 Å². The molecule has 0 saturated carbocycles. The summed E-state index contributed by atoms with van der Waals surface area (Å²) < 4.78 is 4.74. The first-order valence-corrected chi connectivity index (χ1v) is 4.81. The molecule has 0 fully saturated rings. The Morgan fingerprint density at radius 1 is 1.38 bits per heavy atom. The molecule has 1 aromatic carbocycles. The highest BCUT2D eigenvalue weighted by Crippen LogP contribution is 2.05. The predicted molar refractivity (Wildman–Crippen MR) is 58.2 cm³/mol. The van der Waals surface area contributed by atoms with E-state index in [1.54, 1.807) is 24.3 Å². The number of hydrogen-bond donors (Lipinski definition) is 2. The maximum absolute atomic E-state index is 11.2. The van der Waals surface area contributed by atoms with Crippen molar-refractivity contribution in [3.8, 4) is 0 Å². The lowest BCUT2D eigenvalue weighted by Crippen LogP contribution is -2.21. The van der Waals surface area contributed by atoms with Gasteiger partial charge in [0.2, 0.25) is 0 Å². The third-order valence-corrected chi connectivity index (χ3v) is 1.91. The molecule has 0 spiro atoms. The van der Waals surface area contributed by atoms with E-state index in [4.69, 9.17) is 9.84 Å². The van der Waals surface area contributed by atoms with Gasteiger partial charge in [-0.25, -0.2) is 4.79 Å². The minimum absolute atomic E-state index is 0.145. The monoisotopic (exact) mass is 223 g/mol. The Kier molecular flexibility index (Phi) is 4.32. The Hall–Kier alpha value is -2.04. The van der Waals surface area contributed by atoms with Crippen molar-refractivity contribution in [2.24, 2.45) is 5.92 Å². The number of ether oxygens (including phenoxy) is 1. The summed E-state index contributed by atoms with van der Waals surface area (Å²) in [5.41, 5.74) is 0.607. The molecule has 5 heteroatoms. The number of benzene rings is 1. The average Bonchev–Trinajstić information content (AvgIpc) is 2.27. The van der Waals surface area contributed by atoms with Crippen molar-refractivity contribution in [1.82, 2.24) is 0 Å². The second-order valence-corrected chi connectivity index (χ2v) is 3.33. The van der Waals surface area contributed by atoms with Gasteiger partial charge in [-0.3, -0.25) is 10.1 Å². The van der Waals surface area contributed by atoms with E-state index >= 15 is 0 Å². The summed E-state index contributed by atoms with van der Waals surface area (Å²) in [7, 11) is 0. The molecular formula is C11H13NO4. The first-order chi connectivity index (χ1) is 7.59. The minimum Gasteiger partial charge on any atom is -0.481 e. The molecule has 2 N–H and O–H groups in total. The van der Waals surface area contributed by atoms with Crippen LogP contribution in [0.15, 0.2) is 30.3 Å². The van der Waals surface area contributed by atoms with Crippen LogP contribution in [0.5, 0.6) is 0 Å². The van der Waals surface area contributed by atoms with Crippen molar-refractivity contribution in [3.05, 3.63) is 30.3 Å². The third kappa shape index (κ3) is 4.00. The summed E-state index contributed by atoms with van der Waals surface area (Å²) in [6.07, 6.45) is -0.653. The SMILES string of the molecule is C[C@@H](COC(=O)Nc1ccccc1)C(=O)O. The number of nitrogens with one attached hydrogen (secondary N) is 1. The molecule has 1 amide bonds. The summed E-state index contributed by atoms with van der Waals surface area (Å²) in [6.45, 7) is 1.33. The Balaban J connectivity index is 2.35. The lowest BCUT2D eigenvalue weighted by atomic mass is 10.2. The van der Waals surface area contributed by atoms with Crippen LogP contribution in [0.25, 0.3) is 0 Å². The van der Waals surface area contributed by atoms with Crippen LogP contribution in [0, 0.1) is 5.92 Å². The van der Waals surface area contributed by atoms with Crippen molar-refractivity contribution in [3.63, 3.8) is 0 Å². The molecule has 1 atom stereocenters. The van der Waals surface area contributed by atoms with E-state index in [0.717, 1.165) is 0 Å². The molecule has 0 heterocycles. The number of aliphatic carboxylic acids is 1. The van der Waals surface area contributed by atoms with Gasteiger partial charge < -0.3 is 9.84 Å². The zero-order valence-electron chi connectivity index (χ0n) is 8.84. The standard InChI is InChI=1S/C11H13NO4/c1-8(10(13)14)7-16-11(15)12-9-5-3-2-4-6-9/h2-6,8H,7H2,1H3,(H,12,15)(H,13,14)/t8-/m0/s1. The quantitative estimate of drug-likeness (QED) is 0.818. The molecule has 1 rings (SSSR count). The van der Waals surface area contributed by atoms with Crippen LogP contribution in [0.2, 0.25) is 0 Å². The van der Waals surface area contributed by atoms with E-state index < -0.39 is 18.0 Å². The first kappa shape index (κ1) is 12.0. The van der Waals surface area contributed by atoms with E-state index in [9.17, 15) is 9.59 Å². The van der Waals surface area contributed by atoms with E-state index in [-0.39, 0.29) is 6.61 Å². The Labute approximate surface area is 93.0 Å². The third-order valence-electron chi connectivity index (χ3n) is 1.91. The lowest BCUT2D eigenvalue weighted by molar-refractivity contribution is -0.142. The number of para-hydroxylation sites is 1. The summed E-state index contributed by atoms with van der Waals surface area (Å²) in [5.74, 6) is -1.70. The first-order valence-electron chi connectivity index (χ1n) is 4.81. The van der Waals surface area contributed by atoms with E-state index in [2.05, 4.69) is 5.32 Å². The second kappa shape index (κ2) is 5.75. The number of carbonyl (C=O) groups excluding carboxylic acids is 1. The predicted octanol–water partition coefficient (Wildman–Crippen LogP) is 1.96. The van der Waals surface area contributed by atoms with Crippen molar-refractivity contribution < 1.29 is 19.4 Å². The summed E-state index contributed by atoms with van der Waals surface area (Å²) >= 11 is 0. The van der Waals surface area contributed by atoms with Crippen LogP contribution in [0.3, 0.4) is 0 Å². The maximum Gasteiger partial charge on any atom is 0.411 e. The van der Waals surface area contributed by atoms with Crippen LogP contribution < -0.4 is 5.32 Å². The smallest absolute Gasteiger partial charge is 0.411 e. The number of carboxylic acid groups (broad SMARTS) is 1. The van der Waals surface area contributed by atoms with Gasteiger partial charge >= 0.3 is 12.1 Å². The van der Waals surface area contributed by atoms with Gasteiger partial charge in [-0.2, -0.15) is 0 Å². The van der Waals surface area contributed by atoms with Crippen LogP contribution in [0.4, 0.5) is 10.5 Å². The minimum atomic E-state index is -0.993. The molecule has 0 unspecified atom stereocenters. The highest BCUT2D eigenvalue weighted by molar-refractivity contribution is 5.84. The number of anilines is 1. The topological polar surface area (TPSA) is 75.6 Å². The zero-order valence-corrected chi connectivity index (χ0v) is 8.84. The molecule has 1 aromatic rings. The van der Waals surface area contributed by atoms with E-state index in [0.29, 0.717) is 5.69 Å². The molecule has 5 nitrogen and oxygen atoms in total. The molecule has 0 radical (unpaired) electrons. The molecule has 0 aliphatic carbocycles. The maximum atomic E-state index is 11.2. The van der Waals surface area contributed by atoms with E-state index in [1.165, 1.54) is 6.92 Å². The van der Waals surface area contributed by atoms with Crippen LogP contribution in [-0.2, 0) is 9.53 Å². The van der Waals surface area contributed by atoms with Crippen LogP contribution in [-0.4, -0.2) is 23.8 Å². The molecule has 0 bridgehead atoms. The van der Waals surface area contributed by atoms with Gasteiger partial charge in [0, 0.05) is 5.69 Å². The molecule has 0 aliphatic heterocycles. The van der Waals surface area contributed by atoms with Gasteiger partial charge in [-0.15, -0.1) is 0 Å². The van der Waals surface area contributed by atoms with Gasteiger partial charge in [0.05, 0.1) is 5.92 Å². The van der Waals surface area contributed by atoms with Crippen molar-refractivity contribution in [1.29, 1.82) is 0 Å². The Morgan fingerprint density at radius 3 is 2.56 bits per heavy atom. The van der Waals surface area contributed by atoms with Gasteiger partial charge in [0.25, 0.3) is 0 Å². The van der Waals surface area contributed by atoms with Crippen LogP contribution in [0.1, 0.15) is 6.92 Å². The largest absolute Gasteiger partial charge is 0.481 e. The summed E-state index contributed by atoms with van der Waals surface area (Å²) in [6, 6.07) is 8.79. The molecule has 0 aliphatic rings. The number of carbonyl (C=O) groups is 2. The highest BCUT2D eigenvalue weighted by Gasteiger charge is 2.13. The van der Waals surface area contributed by atoms with Crippen molar-refractivity contribution >= 4 is 17.7 Å². The fraction of sp³-hybridized carbons (Fsp3) is 0.273. The average molecular weight is 223 g/mol. The van der Waals surface area contributed by atoms with Gasteiger partial charge in [-0.05, 0) is 19.1 Å². The highest BCUT2D eigenvalue weighted by atomic mass is 16.5. The Bertz CT molecular complexity index is 364. The normalized spacial score (nSPS) is 11.6. The Morgan fingerprint density at radius 2 is 2.00 bits per heavy atom. The molecule has 16 heavy (non-hydrogen) atoms. The van der Waals surface area contributed by atoms with Crippen molar-refractivity contribution in [2.45, 2.75) is 6.92 Å². The van der Waals surface area contributed by atoms with E-state index in [1.807, 2.05) is 6.07 Å². The fourth-order valence-electron chi connectivity index (χ4n) is 0.947. The number of carboxylic acids is 1. The molecular weight excluding hydrogens is 210 g/mol. The summed E-state index contributed by atoms with van der Waals surface area (Å²) in [4.78, 5) is 21.7. The number of rotatable bonds is 4. The van der Waals surface area contributed by atoms with Crippen LogP contribution >= 0.6 is 0 Å². The number of hydrogen-bond acceptors (Lipinski definition) is 3. The summed E-state index contributed by atoms with van der Waals surface area (Å²) in [5, 5.41) is 11.1. The second-order valence-electron chi connectivity index (χ2n) is 3.33. The van der Waals surface area contributed by atoms with Gasteiger partial charge in [0.1, 0.15) is 6.61 Å². The lowest BCUT2D eigenvalue weighted by Gasteiger charge is -2.08. The number of amides is 1. The van der Waals surface area contributed by atoms with Gasteiger partial charge in [0.15, 0.2) is 0 Å². The molecule has 86 valence electrons. The fourth-order valence-corrected chi connectivity index (χ4v) is 0.947. The molecule has 0 aromatic heterocycles. The zero-order chi connectivity index (χ0) is 12.0. The molecule has 0 saturated heterocycles.